The van der Waals surface area contributed by atoms with Crippen molar-refractivity contribution in [1.29, 1.82) is 5.26 Å². The highest BCUT2D eigenvalue weighted by atomic mass is 15.1. The fraction of sp³-hybridized carbons (Fsp3) is 0.391. The van der Waals surface area contributed by atoms with E-state index in [-0.39, 0.29) is 0 Å². The van der Waals surface area contributed by atoms with Crippen LogP contribution in [0.4, 0.5) is 0 Å². The molecular weight excluding hydrogens is 318 g/mol. The summed E-state index contributed by atoms with van der Waals surface area (Å²) in [5.74, 6) is 2.04. The van der Waals surface area contributed by atoms with E-state index in [2.05, 4.69) is 41.0 Å². The van der Waals surface area contributed by atoms with Crippen molar-refractivity contribution < 1.29 is 0 Å². The molecule has 1 fully saturated rings. The Morgan fingerprint density at radius 2 is 1.88 bits per heavy atom. The van der Waals surface area contributed by atoms with Gasteiger partial charge in [-0.25, -0.2) is 4.98 Å². The van der Waals surface area contributed by atoms with E-state index in [1.165, 1.54) is 49.9 Å². The smallest absolute Gasteiger partial charge is 0.110 e. The summed E-state index contributed by atoms with van der Waals surface area (Å²) in [6, 6.07) is 18.5. The summed E-state index contributed by atoms with van der Waals surface area (Å²) in [6.45, 7) is 0.774. The molecule has 3 aromatic rings. The van der Waals surface area contributed by atoms with Crippen molar-refractivity contribution in [2.75, 3.05) is 0 Å². The zero-order valence-corrected chi connectivity index (χ0v) is 15.2. The van der Waals surface area contributed by atoms with Gasteiger partial charge in [0.15, 0.2) is 0 Å². The van der Waals surface area contributed by atoms with Crippen LogP contribution in [0.1, 0.15) is 55.5 Å². The number of hydrogen-bond donors (Lipinski definition) is 0. The third-order valence-electron chi connectivity index (χ3n) is 5.63. The minimum absolute atomic E-state index is 0.718. The molecule has 0 saturated heterocycles. The Hall–Kier alpha value is -2.60. The monoisotopic (exact) mass is 343 g/mol. The highest BCUT2D eigenvalue weighted by Crippen LogP contribution is 2.28. The molecule has 3 heteroatoms. The number of fused-ring (bicyclic) bond motifs is 1. The van der Waals surface area contributed by atoms with Gasteiger partial charge in [0.2, 0.25) is 0 Å². The van der Waals surface area contributed by atoms with E-state index in [0.29, 0.717) is 0 Å². The molecule has 0 amide bonds. The van der Waals surface area contributed by atoms with Crippen molar-refractivity contribution in [3.63, 3.8) is 0 Å². The molecule has 1 heterocycles. The Morgan fingerprint density at radius 1 is 1.04 bits per heavy atom. The summed E-state index contributed by atoms with van der Waals surface area (Å²) >= 11 is 0. The summed E-state index contributed by atoms with van der Waals surface area (Å²) in [4.78, 5) is 4.93. The molecule has 1 aliphatic rings. The fourth-order valence-electron chi connectivity index (χ4n) is 4.22. The van der Waals surface area contributed by atoms with Gasteiger partial charge in [-0.1, -0.05) is 56.4 Å². The summed E-state index contributed by atoms with van der Waals surface area (Å²) in [6.07, 6.45) is 9.22. The van der Waals surface area contributed by atoms with Gasteiger partial charge < -0.3 is 4.57 Å². The number of para-hydroxylation sites is 2. The quantitative estimate of drug-likeness (QED) is 0.616. The molecule has 132 valence electrons. The van der Waals surface area contributed by atoms with E-state index in [1.54, 1.807) is 0 Å². The number of imidazole rings is 1. The maximum atomic E-state index is 9.17. The molecule has 4 rings (SSSR count). The van der Waals surface area contributed by atoms with Crippen LogP contribution < -0.4 is 0 Å². The van der Waals surface area contributed by atoms with E-state index >= 15 is 0 Å². The molecule has 0 bridgehead atoms. The molecule has 26 heavy (non-hydrogen) atoms. The van der Waals surface area contributed by atoms with E-state index in [9.17, 15) is 5.26 Å². The molecule has 0 radical (unpaired) electrons. The molecule has 2 aromatic carbocycles. The first kappa shape index (κ1) is 16.8. The van der Waals surface area contributed by atoms with Crippen molar-refractivity contribution in [3.05, 3.63) is 65.5 Å². The van der Waals surface area contributed by atoms with Crippen LogP contribution in [-0.2, 0) is 13.0 Å². The van der Waals surface area contributed by atoms with Crippen LogP contribution in [-0.4, -0.2) is 9.55 Å². The third kappa shape index (κ3) is 3.65. The van der Waals surface area contributed by atoms with E-state index in [0.717, 1.165) is 35.5 Å². The van der Waals surface area contributed by atoms with Gasteiger partial charge in [-0.05, 0) is 42.2 Å². The van der Waals surface area contributed by atoms with Gasteiger partial charge in [-0.2, -0.15) is 5.26 Å². The number of benzene rings is 2. The lowest BCUT2D eigenvalue weighted by molar-refractivity contribution is 0.336. The average Bonchev–Trinajstić information content (AvgIpc) is 3.05. The minimum atomic E-state index is 0.718. The lowest BCUT2D eigenvalue weighted by Gasteiger charge is -2.21. The number of nitrogens with zero attached hydrogens (tertiary/aromatic N) is 3. The molecule has 0 spiro atoms. The topological polar surface area (TPSA) is 41.6 Å². The van der Waals surface area contributed by atoms with E-state index in [4.69, 9.17) is 4.98 Å². The molecule has 0 aliphatic heterocycles. The average molecular weight is 343 g/mol. The summed E-state index contributed by atoms with van der Waals surface area (Å²) < 4.78 is 2.34. The van der Waals surface area contributed by atoms with Crippen LogP contribution in [0, 0.1) is 17.2 Å². The number of nitriles is 1. The van der Waals surface area contributed by atoms with E-state index in [1.807, 2.05) is 18.2 Å². The third-order valence-corrected chi connectivity index (χ3v) is 5.63. The standard InChI is InChI=1S/C23H25N3/c24-16-19-9-6-10-20(15-19)17-26-22-12-5-4-11-21(22)25-23(26)14-13-18-7-2-1-3-8-18/h4-6,9-12,15,18H,1-3,7-8,13-14,17H2. The first-order valence-electron chi connectivity index (χ1n) is 9.76. The Labute approximate surface area is 155 Å². The van der Waals surface area contributed by atoms with Crippen molar-refractivity contribution in [3.8, 4) is 6.07 Å². The van der Waals surface area contributed by atoms with Gasteiger partial charge in [0, 0.05) is 13.0 Å². The molecule has 1 aromatic heterocycles. The second-order valence-electron chi connectivity index (χ2n) is 7.46. The summed E-state index contributed by atoms with van der Waals surface area (Å²) in [5.41, 5.74) is 4.14. The largest absolute Gasteiger partial charge is 0.323 e. The number of rotatable bonds is 5. The lowest BCUT2D eigenvalue weighted by Crippen LogP contribution is -2.11. The highest BCUT2D eigenvalue weighted by Gasteiger charge is 2.16. The van der Waals surface area contributed by atoms with Crippen LogP contribution in [0.25, 0.3) is 11.0 Å². The molecular formula is C23H25N3. The van der Waals surface area contributed by atoms with Gasteiger partial charge in [-0.15, -0.1) is 0 Å². The van der Waals surface area contributed by atoms with Crippen molar-refractivity contribution in [2.45, 2.75) is 51.5 Å². The zero-order chi connectivity index (χ0) is 17.8. The Morgan fingerprint density at radius 3 is 2.73 bits per heavy atom. The van der Waals surface area contributed by atoms with Crippen LogP contribution in [0.15, 0.2) is 48.5 Å². The fourth-order valence-corrected chi connectivity index (χ4v) is 4.22. The van der Waals surface area contributed by atoms with Crippen molar-refractivity contribution >= 4 is 11.0 Å². The lowest BCUT2D eigenvalue weighted by atomic mass is 9.86. The first-order valence-corrected chi connectivity index (χ1v) is 9.76. The highest BCUT2D eigenvalue weighted by molar-refractivity contribution is 5.76. The minimum Gasteiger partial charge on any atom is -0.323 e. The molecule has 3 nitrogen and oxygen atoms in total. The molecule has 0 unspecified atom stereocenters. The molecule has 0 N–H and O–H groups in total. The maximum Gasteiger partial charge on any atom is 0.110 e. The van der Waals surface area contributed by atoms with E-state index < -0.39 is 0 Å². The number of hydrogen-bond acceptors (Lipinski definition) is 2. The van der Waals surface area contributed by atoms with Crippen LogP contribution >= 0.6 is 0 Å². The summed E-state index contributed by atoms with van der Waals surface area (Å²) in [5, 5.41) is 9.17. The van der Waals surface area contributed by atoms with Crippen LogP contribution in [0.2, 0.25) is 0 Å². The predicted molar refractivity (Wildman–Crippen MR) is 105 cm³/mol. The van der Waals surface area contributed by atoms with Crippen molar-refractivity contribution in [2.24, 2.45) is 5.92 Å². The van der Waals surface area contributed by atoms with Gasteiger partial charge in [-0.3, -0.25) is 0 Å². The number of aromatic nitrogens is 2. The number of aryl methyl sites for hydroxylation is 1. The normalized spacial score (nSPS) is 15.2. The Bertz CT molecular complexity index is 926. The Balaban J connectivity index is 1.61. The SMILES string of the molecule is N#Cc1cccc(Cn2c(CCC3CCCCC3)nc3ccccc32)c1. The van der Waals surface area contributed by atoms with Gasteiger partial charge >= 0.3 is 0 Å². The van der Waals surface area contributed by atoms with Gasteiger partial charge in [0.25, 0.3) is 0 Å². The van der Waals surface area contributed by atoms with Crippen LogP contribution in [0.5, 0.6) is 0 Å². The molecule has 1 aliphatic carbocycles. The Kier molecular flexibility index (Phi) is 5.02. The predicted octanol–water partition coefficient (Wildman–Crippen LogP) is 5.47. The summed E-state index contributed by atoms with van der Waals surface area (Å²) in [7, 11) is 0. The molecule has 0 atom stereocenters. The van der Waals surface area contributed by atoms with Gasteiger partial charge in [0.05, 0.1) is 22.7 Å². The zero-order valence-electron chi connectivity index (χ0n) is 15.2. The molecule has 1 saturated carbocycles. The van der Waals surface area contributed by atoms with Crippen molar-refractivity contribution in [1.82, 2.24) is 9.55 Å². The van der Waals surface area contributed by atoms with Crippen LogP contribution in [0.3, 0.4) is 0 Å². The maximum absolute atomic E-state index is 9.17. The van der Waals surface area contributed by atoms with Gasteiger partial charge in [0.1, 0.15) is 5.82 Å². The first-order chi connectivity index (χ1) is 12.8. The second-order valence-corrected chi connectivity index (χ2v) is 7.46. The second kappa shape index (κ2) is 7.74.